The minimum absolute atomic E-state index is 0. The van der Waals surface area contributed by atoms with Crippen molar-refractivity contribution in [3.05, 3.63) is 84.2 Å². The van der Waals surface area contributed by atoms with Gasteiger partial charge in [0, 0.05) is 42.6 Å². The number of anilines is 2. The highest BCUT2D eigenvalue weighted by Gasteiger charge is 2.29. The second kappa shape index (κ2) is 11.3. The summed E-state index contributed by atoms with van der Waals surface area (Å²) in [4.78, 5) is 24.8. The summed E-state index contributed by atoms with van der Waals surface area (Å²) in [7, 11) is 1.40. The number of aromatic nitrogens is 1. The number of nitrogens with one attached hydrogen (secondary N) is 1. The molecule has 0 aliphatic carbocycles. The van der Waals surface area contributed by atoms with Gasteiger partial charge in [-0.3, -0.25) is 15.2 Å². The molecule has 9 heteroatoms. The van der Waals surface area contributed by atoms with Gasteiger partial charge in [0.05, 0.1) is 19.0 Å². The number of hydrogen-bond acceptors (Lipinski definition) is 5. The van der Waals surface area contributed by atoms with Crippen molar-refractivity contribution in [1.29, 1.82) is 5.41 Å². The van der Waals surface area contributed by atoms with E-state index in [-0.39, 0.29) is 24.2 Å². The van der Waals surface area contributed by atoms with Gasteiger partial charge in [0.1, 0.15) is 5.84 Å². The van der Waals surface area contributed by atoms with Crippen LogP contribution in [0.15, 0.2) is 78.0 Å². The molecule has 0 atom stereocenters. The summed E-state index contributed by atoms with van der Waals surface area (Å²) in [6, 6.07) is 19.5. The van der Waals surface area contributed by atoms with Crippen LogP contribution in [-0.2, 0) is 16.0 Å². The zero-order valence-electron chi connectivity index (χ0n) is 18.8. The number of carbonyl (C=O) groups excluding carboxylic acids is 1. The third-order valence-corrected chi connectivity index (χ3v) is 5.49. The van der Waals surface area contributed by atoms with E-state index in [0.717, 1.165) is 41.7 Å². The molecule has 0 saturated carbocycles. The number of halogens is 1. The van der Waals surface area contributed by atoms with E-state index in [1.807, 2.05) is 60.7 Å². The number of hydrogen-bond donors (Lipinski definition) is 2. The first-order chi connectivity index (χ1) is 16.0. The van der Waals surface area contributed by atoms with Crippen molar-refractivity contribution in [3.63, 3.8) is 0 Å². The molecule has 1 saturated heterocycles. The van der Waals surface area contributed by atoms with Gasteiger partial charge in [0.25, 0.3) is 0 Å². The molecule has 3 aromatic rings. The van der Waals surface area contributed by atoms with Crippen LogP contribution in [0.1, 0.15) is 17.5 Å². The Morgan fingerprint density at radius 2 is 1.68 bits per heavy atom. The van der Waals surface area contributed by atoms with Gasteiger partial charge in [-0.15, -0.1) is 12.4 Å². The third kappa shape index (κ3) is 5.71. The molecule has 0 bridgehead atoms. The number of esters is 1. The molecule has 1 aliphatic heterocycles. The lowest BCUT2D eigenvalue weighted by molar-refractivity contribution is -0.140. The first-order valence-corrected chi connectivity index (χ1v) is 10.7. The lowest BCUT2D eigenvalue weighted by Gasteiger charge is -2.24. The SMILES string of the molecule is COC(=O)CCc1ccc(N2CCN(c3ccc(C(=N)N)cc3)C2=Nc2cccnc2)cc1.Cl. The number of amidine groups is 1. The first-order valence-electron chi connectivity index (χ1n) is 10.7. The van der Waals surface area contributed by atoms with E-state index in [4.69, 9.17) is 20.9 Å². The number of aliphatic imine (C=N–C) groups is 1. The maximum Gasteiger partial charge on any atom is 0.305 e. The van der Waals surface area contributed by atoms with Crippen LogP contribution in [0.3, 0.4) is 0 Å². The average Bonchev–Trinajstić information content (AvgIpc) is 3.26. The van der Waals surface area contributed by atoms with E-state index < -0.39 is 0 Å². The van der Waals surface area contributed by atoms with Gasteiger partial charge < -0.3 is 20.3 Å². The van der Waals surface area contributed by atoms with Gasteiger partial charge in [-0.05, 0) is 60.5 Å². The Hall–Kier alpha value is -3.91. The van der Waals surface area contributed by atoms with Crippen LogP contribution in [0.25, 0.3) is 0 Å². The molecule has 1 fully saturated rings. The second-order valence-corrected chi connectivity index (χ2v) is 7.63. The van der Waals surface area contributed by atoms with Crippen molar-refractivity contribution < 1.29 is 9.53 Å². The van der Waals surface area contributed by atoms with E-state index in [0.29, 0.717) is 18.4 Å². The molecule has 34 heavy (non-hydrogen) atoms. The number of nitrogens with zero attached hydrogens (tertiary/aromatic N) is 4. The highest BCUT2D eigenvalue weighted by atomic mass is 35.5. The van der Waals surface area contributed by atoms with Gasteiger partial charge in [-0.25, -0.2) is 4.99 Å². The Balaban J connectivity index is 0.00000324. The third-order valence-electron chi connectivity index (χ3n) is 5.49. The standard InChI is InChI=1S/C25H26N6O2.ClH/c1-33-23(32)13-6-18-4-9-21(10-5-18)30-15-16-31(22-11-7-19(8-12-22)24(26)27)25(30)29-20-3-2-14-28-17-20;/h2-5,7-12,14,17H,6,13,15-16H2,1H3,(H3,26,27);1H. The molecule has 8 nitrogen and oxygen atoms in total. The van der Waals surface area contributed by atoms with Crippen LogP contribution >= 0.6 is 12.4 Å². The highest BCUT2D eigenvalue weighted by Crippen LogP contribution is 2.28. The number of methoxy groups -OCH3 is 1. The molecule has 2 aromatic carbocycles. The number of pyridine rings is 1. The van der Waals surface area contributed by atoms with Crippen LogP contribution in [0.2, 0.25) is 0 Å². The molecule has 1 aliphatic rings. The summed E-state index contributed by atoms with van der Waals surface area (Å²) in [6.07, 6.45) is 4.45. The van der Waals surface area contributed by atoms with Gasteiger partial charge in [0.2, 0.25) is 5.96 Å². The van der Waals surface area contributed by atoms with Crippen molar-refractivity contribution in [2.75, 3.05) is 30.0 Å². The van der Waals surface area contributed by atoms with Crippen LogP contribution in [0, 0.1) is 5.41 Å². The summed E-state index contributed by atoms with van der Waals surface area (Å²) >= 11 is 0. The fourth-order valence-electron chi connectivity index (χ4n) is 3.70. The molecule has 0 spiro atoms. The number of carbonyl (C=O) groups is 1. The number of nitrogens with two attached hydrogens (primary N) is 1. The summed E-state index contributed by atoms with van der Waals surface area (Å²) in [5.41, 5.74) is 10.1. The quantitative estimate of drug-likeness (QED) is 0.303. The monoisotopic (exact) mass is 478 g/mol. The predicted molar refractivity (Wildman–Crippen MR) is 138 cm³/mol. The number of guanidine groups is 1. The number of benzene rings is 2. The van der Waals surface area contributed by atoms with Gasteiger partial charge in [-0.2, -0.15) is 0 Å². The van der Waals surface area contributed by atoms with Crippen molar-refractivity contribution in [2.45, 2.75) is 12.8 Å². The van der Waals surface area contributed by atoms with E-state index in [1.54, 1.807) is 12.4 Å². The fourth-order valence-corrected chi connectivity index (χ4v) is 3.70. The lowest BCUT2D eigenvalue weighted by Crippen LogP contribution is -2.33. The predicted octanol–water partition coefficient (Wildman–Crippen LogP) is 3.91. The summed E-state index contributed by atoms with van der Waals surface area (Å²) in [5.74, 6) is 0.623. The van der Waals surface area contributed by atoms with Crippen molar-refractivity contribution in [1.82, 2.24) is 4.98 Å². The van der Waals surface area contributed by atoms with E-state index >= 15 is 0 Å². The van der Waals surface area contributed by atoms with Crippen LogP contribution in [-0.4, -0.2) is 42.9 Å². The van der Waals surface area contributed by atoms with Gasteiger partial charge >= 0.3 is 5.97 Å². The number of rotatable bonds is 7. The Labute approximate surface area is 205 Å². The molecule has 3 N–H and O–H groups in total. The smallest absolute Gasteiger partial charge is 0.305 e. The highest BCUT2D eigenvalue weighted by molar-refractivity contribution is 6.10. The van der Waals surface area contributed by atoms with Crippen LogP contribution in [0.5, 0.6) is 0 Å². The van der Waals surface area contributed by atoms with Crippen LogP contribution < -0.4 is 15.5 Å². The van der Waals surface area contributed by atoms with Gasteiger partial charge in [-0.1, -0.05) is 12.1 Å². The fraction of sp³-hybridized carbons (Fsp3) is 0.200. The second-order valence-electron chi connectivity index (χ2n) is 7.63. The Morgan fingerprint density at radius 1 is 1.06 bits per heavy atom. The van der Waals surface area contributed by atoms with Crippen LogP contribution in [0.4, 0.5) is 17.1 Å². The molecule has 1 aromatic heterocycles. The minimum Gasteiger partial charge on any atom is -0.469 e. The zero-order chi connectivity index (χ0) is 23.2. The van der Waals surface area contributed by atoms with E-state index in [2.05, 4.69) is 14.8 Å². The molecule has 176 valence electrons. The maximum absolute atomic E-state index is 11.4. The Morgan fingerprint density at radius 3 is 2.21 bits per heavy atom. The normalized spacial score (nSPS) is 14.1. The van der Waals surface area contributed by atoms with Gasteiger partial charge in [0.15, 0.2) is 0 Å². The summed E-state index contributed by atoms with van der Waals surface area (Å²) in [6.45, 7) is 1.51. The Kier molecular flexibility index (Phi) is 8.21. The Bertz CT molecular complexity index is 1150. The minimum atomic E-state index is -0.212. The van der Waals surface area contributed by atoms with E-state index in [9.17, 15) is 4.79 Å². The maximum atomic E-state index is 11.4. The number of aryl methyl sites for hydroxylation is 1. The van der Waals surface area contributed by atoms with Crippen molar-refractivity contribution in [2.24, 2.45) is 10.7 Å². The lowest BCUT2D eigenvalue weighted by atomic mass is 10.1. The molecule has 2 heterocycles. The molecule has 4 rings (SSSR count). The number of ether oxygens (including phenoxy) is 1. The van der Waals surface area contributed by atoms with Crippen molar-refractivity contribution in [3.8, 4) is 0 Å². The molecule has 0 amide bonds. The zero-order valence-corrected chi connectivity index (χ0v) is 19.7. The number of nitrogen functional groups attached to an aromatic ring is 1. The molecular formula is C25H27ClN6O2. The topological polar surface area (TPSA) is 108 Å². The molecule has 0 radical (unpaired) electrons. The largest absolute Gasteiger partial charge is 0.469 e. The summed E-state index contributed by atoms with van der Waals surface area (Å²) < 4.78 is 4.73. The molecular weight excluding hydrogens is 452 g/mol. The summed E-state index contributed by atoms with van der Waals surface area (Å²) in [5, 5.41) is 7.63. The molecule has 0 unspecified atom stereocenters. The average molecular weight is 479 g/mol. The first kappa shape index (κ1) is 24.7. The van der Waals surface area contributed by atoms with Crippen molar-refractivity contribution >= 4 is 47.2 Å². The van der Waals surface area contributed by atoms with E-state index in [1.165, 1.54) is 7.11 Å².